The van der Waals surface area contributed by atoms with Crippen LogP contribution in [0.5, 0.6) is 0 Å². The Hall–Kier alpha value is -1.40. The lowest BCUT2D eigenvalue weighted by Crippen LogP contribution is -1.88. The van der Waals surface area contributed by atoms with Crippen molar-refractivity contribution in [2.45, 2.75) is 0 Å². The van der Waals surface area contributed by atoms with Crippen molar-refractivity contribution in [1.29, 1.82) is 0 Å². The zero-order valence-electron chi connectivity index (χ0n) is 9.45. The van der Waals surface area contributed by atoms with Crippen LogP contribution in [0.4, 0.5) is 10.1 Å². The van der Waals surface area contributed by atoms with E-state index in [1.54, 1.807) is 18.2 Å². The van der Waals surface area contributed by atoms with Gasteiger partial charge in [-0.15, -0.1) is 0 Å². The van der Waals surface area contributed by atoms with Gasteiger partial charge in [-0.1, -0.05) is 6.07 Å². The van der Waals surface area contributed by atoms with Crippen LogP contribution in [0.3, 0.4) is 0 Å². The molecule has 1 aromatic heterocycles. The second-order valence-electron chi connectivity index (χ2n) is 3.96. The predicted molar refractivity (Wildman–Crippen MR) is 79.2 cm³/mol. The van der Waals surface area contributed by atoms with Crippen LogP contribution in [-0.4, -0.2) is 4.98 Å². The highest BCUT2D eigenvalue weighted by atomic mass is 79.9. The van der Waals surface area contributed by atoms with Gasteiger partial charge in [-0.3, -0.25) is 0 Å². The molecule has 3 rings (SSSR count). The van der Waals surface area contributed by atoms with Crippen molar-refractivity contribution >= 4 is 48.6 Å². The second kappa shape index (κ2) is 4.61. The summed E-state index contributed by atoms with van der Waals surface area (Å²) in [5, 5.41) is 0. The molecule has 0 radical (unpaired) electrons. The molecule has 2 aromatic carbocycles. The van der Waals surface area contributed by atoms with Crippen LogP contribution in [0.15, 0.2) is 43.7 Å². The van der Waals surface area contributed by atoms with E-state index in [4.69, 9.17) is 10.2 Å². The van der Waals surface area contributed by atoms with Crippen molar-refractivity contribution in [3.63, 3.8) is 0 Å². The Labute approximate surface area is 124 Å². The molecule has 0 unspecified atom stereocenters. The molecule has 1 heterocycles. The van der Waals surface area contributed by atoms with E-state index < -0.39 is 0 Å². The highest BCUT2D eigenvalue weighted by Gasteiger charge is 2.15. The average Bonchev–Trinajstić information content (AvgIpc) is 2.80. The summed E-state index contributed by atoms with van der Waals surface area (Å²) >= 11 is 6.72. The Morgan fingerprint density at radius 1 is 1.21 bits per heavy atom. The van der Waals surface area contributed by atoms with E-state index >= 15 is 0 Å². The van der Waals surface area contributed by atoms with Crippen molar-refractivity contribution < 1.29 is 8.81 Å². The number of rotatable bonds is 1. The van der Waals surface area contributed by atoms with E-state index in [-0.39, 0.29) is 5.82 Å². The molecule has 0 amide bonds. The van der Waals surface area contributed by atoms with Crippen molar-refractivity contribution in [1.82, 2.24) is 4.98 Å². The smallest absolute Gasteiger partial charge is 0.227 e. The van der Waals surface area contributed by atoms with Crippen LogP contribution in [0.2, 0.25) is 0 Å². The van der Waals surface area contributed by atoms with E-state index in [1.165, 1.54) is 12.1 Å². The number of hydrogen-bond donors (Lipinski definition) is 1. The molecule has 0 saturated carbocycles. The molecule has 3 aromatic rings. The summed E-state index contributed by atoms with van der Waals surface area (Å²) in [6.45, 7) is 0. The minimum Gasteiger partial charge on any atom is -0.435 e. The van der Waals surface area contributed by atoms with Crippen LogP contribution in [0, 0.1) is 5.82 Å². The van der Waals surface area contributed by atoms with Gasteiger partial charge in [-0.25, -0.2) is 9.37 Å². The number of oxazole rings is 1. The van der Waals surface area contributed by atoms with Crippen LogP contribution >= 0.6 is 31.9 Å². The fourth-order valence-corrected chi connectivity index (χ4v) is 2.94. The molecule has 3 nitrogen and oxygen atoms in total. The van der Waals surface area contributed by atoms with Crippen molar-refractivity contribution in [2.24, 2.45) is 0 Å². The highest BCUT2D eigenvalue weighted by molar-refractivity contribution is 9.11. The third kappa shape index (κ3) is 2.15. The molecular weight excluding hydrogens is 379 g/mol. The summed E-state index contributed by atoms with van der Waals surface area (Å²) in [6.07, 6.45) is 0. The molecule has 0 fully saturated rings. The summed E-state index contributed by atoms with van der Waals surface area (Å²) in [5.41, 5.74) is 8.18. The van der Waals surface area contributed by atoms with Crippen molar-refractivity contribution in [2.75, 3.05) is 5.73 Å². The molecule has 6 heteroatoms. The molecule has 0 atom stereocenters. The van der Waals surface area contributed by atoms with Gasteiger partial charge in [0.2, 0.25) is 5.89 Å². The van der Waals surface area contributed by atoms with Crippen LogP contribution in [-0.2, 0) is 0 Å². The molecule has 0 aliphatic heterocycles. The van der Waals surface area contributed by atoms with Gasteiger partial charge in [0.1, 0.15) is 11.3 Å². The number of nitrogen functional groups attached to an aromatic ring is 1. The predicted octanol–water partition coefficient (Wildman–Crippen LogP) is 4.74. The van der Waals surface area contributed by atoms with E-state index in [1.807, 2.05) is 0 Å². The second-order valence-corrected chi connectivity index (χ2v) is 5.61. The lowest BCUT2D eigenvalue weighted by molar-refractivity contribution is 0.610. The van der Waals surface area contributed by atoms with Gasteiger partial charge in [0.15, 0.2) is 5.58 Å². The maximum atomic E-state index is 13.2. The van der Waals surface area contributed by atoms with E-state index in [0.717, 1.165) is 4.47 Å². The van der Waals surface area contributed by atoms with Gasteiger partial charge in [-0.05, 0) is 56.1 Å². The lowest BCUT2D eigenvalue weighted by atomic mass is 10.2. The lowest BCUT2D eigenvalue weighted by Gasteiger charge is -2.00. The molecule has 0 aliphatic carbocycles. The number of benzene rings is 2. The maximum absolute atomic E-state index is 13.2. The van der Waals surface area contributed by atoms with Gasteiger partial charge < -0.3 is 10.2 Å². The van der Waals surface area contributed by atoms with Crippen LogP contribution in [0.1, 0.15) is 0 Å². The number of fused-ring (bicyclic) bond motifs is 1. The number of halogens is 3. The molecule has 0 saturated heterocycles. The summed E-state index contributed by atoms with van der Waals surface area (Å²) in [4.78, 5) is 4.34. The number of nitrogens with two attached hydrogens (primary N) is 1. The zero-order valence-corrected chi connectivity index (χ0v) is 12.6. The first-order valence-corrected chi connectivity index (χ1v) is 6.95. The van der Waals surface area contributed by atoms with Gasteiger partial charge >= 0.3 is 0 Å². The summed E-state index contributed by atoms with van der Waals surface area (Å²) in [5.74, 6) is 0.0206. The maximum Gasteiger partial charge on any atom is 0.227 e. The Kier molecular flexibility index (Phi) is 3.06. The third-order valence-corrected chi connectivity index (χ3v) is 4.12. The van der Waals surface area contributed by atoms with Gasteiger partial charge in [0.25, 0.3) is 0 Å². The Morgan fingerprint density at radius 2 is 2.00 bits per heavy atom. The SMILES string of the molecule is Nc1c(Br)cc2nc(-c3cccc(F)c3)oc2c1Br. The molecule has 0 aliphatic rings. The van der Waals surface area contributed by atoms with Crippen molar-refractivity contribution in [3.8, 4) is 11.5 Å². The fraction of sp³-hybridized carbons (Fsp3) is 0. The normalized spacial score (nSPS) is 11.1. The number of anilines is 1. The largest absolute Gasteiger partial charge is 0.435 e. The first-order valence-electron chi connectivity index (χ1n) is 5.36. The Bertz CT molecular complexity index is 786. The highest BCUT2D eigenvalue weighted by Crippen LogP contribution is 2.37. The summed E-state index contributed by atoms with van der Waals surface area (Å²) < 4.78 is 20.2. The topological polar surface area (TPSA) is 52.0 Å². The Morgan fingerprint density at radius 3 is 2.74 bits per heavy atom. The summed E-state index contributed by atoms with van der Waals surface area (Å²) in [6, 6.07) is 7.86. The number of hydrogen-bond acceptors (Lipinski definition) is 3. The average molecular weight is 386 g/mol. The minimum absolute atomic E-state index is 0.334. The summed E-state index contributed by atoms with van der Waals surface area (Å²) in [7, 11) is 0. The van der Waals surface area contributed by atoms with E-state index in [0.29, 0.717) is 32.7 Å². The number of aromatic nitrogens is 1. The van der Waals surface area contributed by atoms with E-state index in [2.05, 4.69) is 36.8 Å². The molecule has 0 spiro atoms. The quantitative estimate of drug-likeness (QED) is 0.615. The molecular formula is C13H7Br2FN2O. The zero-order chi connectivity index (χ0) is 13.6. The fourth-order valence-electron chi connectivity index (χ4n) is 1.76. The van der Waals surface area contributed by atoms with Gasteiger partial charge in [-0.2, -0.15) is 0 Å². The Balaban J connectivity index is 2.25. The molecule has 0 bridgehead atoms. The van der Waals surface area contributed by atoms with Gasteiger partial charge in [0, 0.05) is 10.0 Å². The van der Waals surface area contributed by atoms with Crippen LogP contribution in [0.25, 0.3) is 22.6 Å². The first kappa shape index (κ1) is 12.6. The van der Waals surface area contributed by atoms with E-state index in [9.17, 15) is 4.39 Å². The van der Waals surface area contributed by atoms with Gasteiger partial charge in [0.05, 0.1) is 10.2 Å². The minimum atomic E-state index is -0.334. The van der Waals surface area contributed by atoms with Crippen molar-refractivity contribution in [3.05, 3.63) is 45.1 Å². The standard InChI is InChI=1S/C13H7Br2FN2O/c14-8-5-9-12(10(15)11(8)17)19-13(18-9)6-2-1-3-7(16)4-6/h1-5H,17H2. The molecule has 96 valence electrons. The molecule has 19 heavy (non-hydrogen) atoms. The molecule has 2 N–H and O–H groups in total. The third-order valence-electron chi connectivity index (χ3n) is 2.68. The van der Waals surface area contributed by atoms with Crippen LogP contribution < -0.4 is 5.73 Å². The monoisotopic (exact) mass is 384 g/mol. The first-order chi connectivity index (χ1) is 9.06. The number of nitrogens with zero attached hydrogens (tertiary/aromatic N) is 1.